The maximum Gasteiger partial charge on any atom is 0.276 e. The van der Waals surface area contributed by atoms with E-state index in [4.69, 9.17) is 15.2 Å². The van der Waals surface area contributed by atoms with Gasteiger partial charge < -0.3 is 15.2 Å². The van der Waals surface area contributed by atoms with Gasteiger partial charge in [0.25, 0.3) is 5.69 Å². The van der Waals surface area contributed by atoms with Crippen molar-refractivity contribution in [3.63, 3.8) is 0 Å². The summed E-state index contributed by atoms with van der Waals surface area (Å²) in [6, 6.07) is 2.95. The van der Waals surface area contributed by atoms with E-state index in [-0.39, 0.29) is 24.3 Å². The van der Waals surface area contributed by atoms with Crippen LogP contribution in [0, 0.1) is 10.1 Å². The van der Waals surface area contributed by atoms with Crippen LogP contribution in [0.4, 0.5) is 5.69 Å². The van der Waals surface area contributed by atoms with Crippen LogP contribution in [0.5, 0.6) is 5.75 Å². The van der Waals surface area contributed by atoms with E-state index in [0.29, 0.717) is 11.3 Å². The second kappa shape index (κ2) is 3.92. The lowest BCUT2D eigenvalue weighted by atomic mass is 9.92. The number of carbonyl (C=O) groups excluding carboxylic acids is 1. The average Bonchev–Trinajstić information content (AvgIpc) is 3.09. The Morgan fingerprint density at radius 2 is 2.20 bits per heavy atom. The Morgan fingerprint density at radius 3 is 2.80 bits per heavy atom. The minimum atomic E-state index is -0.613. The molecule has 1 aromatic carbocycles. The highest BCUT2D eigenvalue weighted by atomic mass is 16.6. The fourth-order valence-corrected chi connectivity index (χ4v) is 2.66. The lowest BCUT2D eigenvalue weighted by Gasteiger charge is -2.29. The highest BCUT2D eigenvalue weighted by Gasteiger charge is 2.57. The number of epoxide rings is 1. The standard InChI is InChI=1S/C13H14N2O5/c1-13(2)12-11(19-12)7-3-6(4-10(14)16)8(15(17)18)5-9(7)20-13/h3,5,11-12H,4H2,1-2H3,(H2,14,16). The number of primary amides is 1. The Kier molecular flexibility index (Phi) is 2.52. The molecule has 7 nitrogen and oxygen atoms in total. The molecular weight excluding hydrogens is 264 g/mol. The Hall–Kier alpha value is -2.15. The van der Waals surface area contributed by atoms with E-state index in [1.165, 1.54) is 6.07 Å². The summed E-state index contributed by atoms with van der Waals surface area (Å²) in [5.41, 5.74) is 5.50. The predicted octanol–water partition coefficient (Wildman–Crippen LogP) is 1.23. The molecule has 0 bridgehead atoms. The largest absolute Gasteiger partial charge is 0.484 e. The van der Waals surface area contributed by atoms with Crippen LogP contribution in [0.25, 0.3) is 0 Å². The number of fused-ring (bicyclic) bond motifs is 3. The van der Waals surface area contributed by atoms with Crippen molar-refractivity contribution in [1.29, 1.82) is 0 Å². The highest BCUT2D eigenvalue weighted by Crippen LogP contribution is 2.54. The van der Waals surface area contributed by atoms with Crippen molar-refractivity contribution in [1.82, 2.24) is 0 Å². The van der Waals surface area contributed by atoms with Gasteiger partial charge in [0.05, 0.1) is 17.4 Å². The molecule has 2 N–H and O–H groups in total. The van der Waals surface area contributed by atoms with E-state index >= 15 is 0 Å². The van der Waals surface area contributed by atoms with Crippen molar-refractivity contribution in [2.75, 3.05) is 0 Å². The molecule has 1 aromatic rings. The average molecular weight is 278 g/mol. The lowest BCUT2D eigenvalue weighted by molar-refractivity contribution is -0.385. The molecule has 2 heterocycles. The summed E-state index contributed by atoms with van der Waals surface area (Å²) < 4.78 is 11.3. The summed E-state index contributed by atoms with van der Waals surface area (Å²) in [5, 5.41) is 11.1. The van der Waals surface area contributed by atoms with Crippen molar-refractivity contribution >= 4 is 11.6 Å². The lowest BCUT2D eigenvalue weighted by Crippen LogP contribution is -2.37. The molecule has 2 unspecified atom stereocenters. The highest BCUT2D eigenvalue weighted by molar-refractivity contribution is 5.78. The molecule has 1 fully saturated rings. The Balaban J connectivity index is 2.09. The van der Waals surface area contributed by atoms with Crippen LogP contribution < -0.4 is 10.5 Å². The normalized spacial score (nSPS) is 25.1. The first kappa shape index (κ1) is 12.9. The van der Waals surface area contributed by atoms with Crippen LogP contribution in [0.1, 0.15) is 31.1 Å². The number of nitrogens with two attached hydrogens (primary N) is 1. The summed E-state index contributed by atoms with van der Waals surface area (Å²) >= 11 is 0. The fraction of sp³-hybridized carbons (Fsp3) is 0.462. The first-order chi connectivity index (χ1) is 9.29. The van der Waals surface area contributed by atoms with Gasteiger partial charge in [0, 0.05) is 11.1 Å². The molecule has 2 aliphatic rings. The summed E-state index contributed by atoms with van der Waals surface area (Å²) in [5.74, 6) is -0.174. The second-order valence-corrected chi connectivity index (χ2v) is 5.60. The van der Waals surface area contributed by atoms with Crippen molar-refractivity contribution in [2.45, 2.75) is 38.1 Å². The van der Waals surface area contributed by atoms with Gasteiger partial charge in [0.2, 0.25) is 5.91 Å². The fourth-order valence-electron chi connectivity index (χ4n) is 2.66. The third kappa shape index (κ3) is 1.90. The number of hydrogen-bond acceptors (Lipinski definition) is 5. The van der Waals surface area contributed by atoms with Gasteiger partial charge in [-0.1, -0.05) is 0 Å². The van der Waals surface area contributed by atoms with E-state index in [1.807, 2.05) is 13.8 Å². The first-order valence-corrected chi connectivity index (χ1v) is 6.23. The number of nitro benzene ring substituents is 1. The third-order valence-electron chi connectivity index (χ3n) is 3.63. The van der Waals surface area contributed by atoms with Crippen molar-refractivity contribution in [2.24, 2.45) is 5.73 Å². The maximum atomic E-state index is 11.1. The quantitative estimate of drug-likeness (QED) is 0.508. The van der Waals surface area contributed by atoms with E-state index in [1.54, 1.807) is 6.07 Å². The molecule has 0 aliphatic carbocycles. The Labute approximate surface area is 114 Å². The maximum absolute atomic E-state index is 11.1. The van der Waals surface area contributed by atoms with Crippen molar-refractivity contribution < 1.29 is 19.2 Å². The van der Waals surface area contributed by atoms with E-state index < -0.39 is 16.4 Å². The van der Waals surface area contributed by atoms with E-state index in [2.05, 4.69) is 0 Å². The van der Waals surface area contributed by atoms with E-state index in [0.717, 1.165) is 5.56 Å². The zero-order chi connectivity index (χ0) is 14.7. The number of hydrogen-bond donors (Lipinski definition) is 1. The zero-order valence-electron chi connectivity index (χ0n) is 11.1. The summed E-state index contributed by atoms with van der Waals surface area (Å²) in [7, 11) is 0. The van der Waals surface area contributed by atoms with Gasteiger partial charge >= 0.3 is 0 Å². The number of nitrogens with zero attached hydrogens (tertiary/aromatic N) is 1. The van der Waals surface area contributed by atoms with Gasteiger partial charge in [0.15, 0.2) is 0 Å². The summed E-state index contributed by atoms with van der Waals surface area (Å²) in [4.78, 5) is 21.6. The monoisotopic (exact) mass is 278 g/mol. The first-order valence-electron chi connectivity index (χ1n) is 6.23. The molecule has 2 atom stereocenters. The molecule has 0 saturated carbocycles. The number of carbonyl (C=O) groups is 1. The number of amides is 1. The topological polar surface area (TPSA) is 108 Å². The Morgan fingerprint density at radius 1 is 1.50 bits per heavy atom. The van der Waals surface area contributed by atoms with Gasteiger partial charge in [-0.3, -0.25) is 14.9 Å². The molecule has 20 heavy (non-hydrogen) atoms. The summed E-state index contributed by atoms with van der Waals surface area (Å²) in [6.07, 6.45) is -0.358. The van der Waals surface area contributed by atoms with Gasteiger partial charge in [-0.15, -0.1) is 0 Å². The smallest absolute Gasteiger partial charge is 0.276 e. The predicted molar refractivity (Wildman–Crippen MR) is 68.3 cm³/mol. The van der Waals surface area contributed by atoms with Gasteiger partial charge in [-0.25, -0.2) is 0 Å². The van der Waals surface area contributed by atoms with Crippen LogP contribution in [-0.4, -0.2) is 22.5 Å². The molecule has 2 aliphatic heterocycles. The Bertz CT molecular complexity index is 625. The minimum absolute atomic E-state index is 0.0575. The van der Waals surface area contributed by atoms with Crippen molar-refractivity contribution in [3.05, 3.63) is 33.4 Å². The van der Waals surface area contributed by atoms with Gasteiger partial charge in [-0.2, -0.15) is 0 Å². The van der Waals surface area contributed by atoms with Crippen LogP contribution in [0.2, 0.25) is 0 Å². The third-order valence-corrected chi connectivity index (χ3v) is 3.63. The second-order valence-electron chi connectivity index (χ2n) is 5.60. The molecule has 106 valence electrons. The zero-order valence-corrected chi connectivity index (χ0v) is 11.1. The minimum Gasteiger partial charge on any atom is -0.484 e. The van der Waals surface area contributed by atoms with Crippen molar-refractivity contribution in [3.8, 4) is 5.75 Å². The van der Waals surface area contributed by atoms with Crippen LogP contribution in [0.3, 0.4) is 0 Å². The molecule has 0 radical (unpaired) electrons. The van der Waals surface area contributed by atoms with Crippen LogP contribution >= 0.6 is 0 Å². The number of rotatable bonds is 3. The van der Waals surface area contributed by atoms with Crippen LogP contribution in [-0.2, 0) is 16.0 Å². The number of ether oxygens (including phenoxy) is 2. The van der Waals surface area contributed by atoms with Gasteiger partial charge in [0.1, 0.15) is 23.6 Å². The molecule has 0 spiro atoms. The van der Waals surface area contributed by atoms with Crippen LogP contribution in [0.15, 0.2) is 12.1 Å². The number of benzene rings is 1. The molecule has 3 rings (SSSR count). The molecule has 1 amide bonds. The molecular formula is C13H14N2O5. The molecule has 7 heteroatoms. The SMILES string of the molecule is CC1(C)Oc2cc([N+](=O)[O-])c(CC(N)=O)cc2C2OC21. The van der Waals surface area contributed by atoms with E-state index in [9.17, 15) is 14.9 Å². The summed E-state index contributed by atoms with van der Waals surface area (Å²) in [6.45, 7) is 3.76. The number of nitro groups is 1. The molecule has 1 saturated heterocycles. The van der Waals surface area contributed by atoms with Gasteiger partial charge in [-0.05, 0) is 19.9 Å². The molecule has 0 aromatic heterocycles.